The molecule has 0 bridgehead atoms. The van der Waals surface area contributed by atoms with Gasteiger partial charge in [-0.05, 0) is 12.1 Å². The van der Waals surface area contributed by atoms with Crippen LogP contribution in [-0.4, -0.2) is 40.6 Å². The summed E-state index contributed by atoms with van der Waals surface area (Å²) in [6.45, 7) is 3.56. The molecule has 2 heterocycles. The highest BCUT2D eigenvalue weighted by molar-refractivity contribution is 5.56. The molecule has 1 fully saturated rings. The van der Waals surface area contributed by atoms with Gasteiger partial charge in [-0.15, -0.1) is 0 Å². The second kappa shape index (κ2) is 7.65. The van der Waals surface area contributed by atoms with Crippen LogP contribution in [0.3, 0.4) is 0 Å². The quantitative estimate of drug-likeness (QED) is 0.717. The van der Waals surface area contributed by atoms with Gasteiger partial charge in [0, 0.05) is 44.5 Å². The second-order valence-corrected chi connectivity index (χ2v) is 6.82. The van der Waals surface area contributed by atoms with E-state index in [1.165, 1.54) is 5.69 Å². The second-order valence-electron chi connectivity index (χ2n) is 6.82. The molecule has 4 rings (SSSR count). The molecule has 0 aliphatic carbocycles. The topological polar surface area (TPSA) is 48.1 Å². The van der Waals surface area contributed by atoms with Crippen molar-refractivity contribution in [3.05, 3.63) is 72.6 Å². The third kappa shape index (κ3) is 3.44. The number of anilines is 1. The molecular weight excluding hydrogens is 334 g/mol. The van der Waals surface area contributed by atoms with E-state index in [1.54, 1.807) is 0 Å². The molecule has 3 aromatic rings. The first kappa shape index (κ1) is 17.3. The van der Waals surface area contributed by atoms with Gasteiger partial charge in [0.2, 0.25) is 0 Å². The molecule has 0 spiro atoms. The highest BCUT2D eigenvalue weighted by atomic mass is 15.3. The van der Waals surface area contributed by atoms with Crippen molar-refractivity contribution in [1.82, 2.24) is 14.5 Å². The minimum atomic E-state index is -0.280. The molecule has 0 radical (unpaired) electrons. The fourth-order valence-corrected chi connectivity index (χ4v) is 3.74. The molecule has 136 valence electrons. The molecule has 0 N–H and O–H groups in total. The summed E-state index contributed by atoms with van der Waals surface area (Å²) in [5.41, 5.74) is 3.26. The number of nitrogens with zero attached hydrogens (tertiary/aromatic N) is 5. The standard InChI is InChI=1S/C22H23N5/c1-25-21(17-24-22(25)18-8-4-2-5-9-18)20(16-23)27-14-12-26(13-15-27)19-10-6-3-7-11-19/h2-11,17,20H,12-15H2,1H3. The van der Waals surface area contributed by atoms with Gasteiger partial charge < -0.3 is 9.47 Å². The maximum absolute atomic E-state index is 9.87. The summed E-state index contributed by atoms with van der Waals surface area (Å²) in [4.78, 5) is 9.22. The zero-order chi connectivity index (χ0) is 18.6. The van der Waals surface area contributed by atoms with E-state index in [0.717, 1.165) is 43.3 Å². The van der Waals surface area contributed by atoms with Gasteiger partial charge in [0.25, 0.3) is 0 Å². The van der Waals surface area contributed by atoms with Crippen LogP contribution in [0.5, 0.6) is 0 Å². The van der Waals surface area contributed by atoms with Gasteiger partial charge in [-0.2, -0.15) is 5.26 Å². The van der Waals surface area contributed by atoms with Crippen LogP contribution >= 0.6 is 0 Å². The normalized spacial score (nSPS) is 16.1. The van der Waals surface area contributed by atoms with E-state index in [4.69, 9.17) is 0 Å². The van der Waals surface area contributed by atoms with Crippen molar-refractivity contribution >= 4 is 5.69 Å². The van der Waals surface area contributed by atoms with Crippen molar-refractivity contribution in [1.29, 1.82) is 5.26 Å². The monoisotopic (exact) mass is 357 g/mol. The van der Waals surface area contributed by atoms with Gasteiger partial charge >= 0.3 is 0 Å². The molecule has 2 aromatic carbocycles. The molecule has 1 saturated heterocycles. The Morgan fingerprint density at radius 3 is 2.19 bits per heavy atom. The fourth-order valence-electron chi connectivity index (χ4n) is 3.74. The van der Waals surface area contributed by atoms with Gasteiger partial charge in [-0.3, -0.25) is 4.90 Å². The van der Waals surface area contributed by atoms with Crippen molar-refractivity contribution in [2.45, 2.75) is 6.04 Å². The lowest BCUT2D eigenvalue weighted by Crippen LogP contribution is -2.47. The molecular formula is C22H23N5. The third-order valence-electron chi connectivity index (χ3n) is 5.26. The van der Waals surface area contributed by atoms with Crippen LogP contribution in [0.1, 0.15) is 11.7 Å². The number of hydrogen-bond acceptors (Lipinski definition) is 4. The van der Waals surface area contributed by atoms with Gasteiger partial charge in [-0.1, -0.05) is 48.5 Å². The minimum absolute atomic E-state index is 0.280. The number of imidazole rings is 1. The van der Waals surface area contributed by atoms with E-state index < -0.39 is 0 Å². The third-order valence-corrected chi connectivity index (χ3v) is 5.26. The first-order valence-electron chi connectivity index (χ1n) is 9.28. The zero-order valence-electron chi connectivity index (χ0n) is 15.5. The van der Waals surface area contributed by atoms with E-state index in [-0.39, 0.29) is 6.04 Å². The largest absolute Gasteiger partial charge is 0.369 e. The van der Waals surface area contributed by atoms with Gasteiger partial charge in [0.15, 0.2) is 0 Å². The lowest BCUT2D eigenvalue weighted by molar-refractivity contribution is 0.217. The molecule has 1 aliphatic heterocycles. The summed E-state index contributed by atoms with van der Waals surface area (Å²) in [5, 5.41) is 9.87. The Hall–Kier alpha value is -3.10. The Morgan fingerprint density at radius 2 is 1.56 bits per heavy atom. The predicted octanol–water partition coefficient (Wildman–Crippen LogP) is 3.47. The number of piperazine rings is 1. The molecule has 1 aromatic heterocycles. The molecule has 0 amide bonds. The number of hydrogen-bond donors (Lipinski definition) is 0. The number of rotatable bonds is 4. The van der Waals surface area contributed by atoms with Crippen LogP contribution in [0, 0.1) is 11.3 Å². The highest BCUT2D eigenvalue weighted by Gasteiger charge is 2.27. The smallest absolute Gasteiger partial charge is 0.140 e. The van der Waals surface area contributed by atoms with E-state index in [0.29, 0.717) is 0 Å². The van der Waals surface area contributed by atoms with Crippen molar-refractivity contribution in [3.63, 3.8) is 0 Å². The molecule has 1 aliphatic rings. The minimum Gasteiger partial charge on any atom is -0.369 e. The van der Waals surface area contributed by atoms with Crippen LogP contribution in [0.25, 0.3) is 11.4 Å². The lowest BCUT2D eigenvalue weighted by atomic mass is 10.1. The summed E-state index contributed by atoms with van der Waals surface area (Å²) < 4.78 is 2.05. The first-order chi connectivity index (χ1) is 13.3. The zero-order valence-corrected chi connectivity index (χ0v) is 15.5. The molecule has 1 unspecified atom stereocenters. The average molecular weight is 357 g/mol. The van der Waals surface area contributed by atoms with Gasteiger partial charge in [0.1, 0.15) is 11.9 Å². The maximum atomic E-state index is 9.87. The molecule has 1 atom stereocenters. The van der Waals surface area contributed by atoms with Crippen molar-refractivity contribution < 1.29 is 0 Å². The Balaban J connectivity index is 1.51. The Morgan fingerprint density at radius 1 is 0.926 bits per heavy atom. The number of aromatic nitrogens is 2. The number of benzene rings is 2. The van der Waals surface area contributed by atoms with E-state index in [1.807, 2.05) is 54.2 Å². The summed E-state index contributed by atoms with van der Waals surface area (Å²) in [5.74, 6) is 0.897. The van der Waals surface area contributed by atoms with Crippen LogP contribution in [0.15, 0.2) is 66.9 Å². The van der Waals surface area contributed by atoms with Crippen molar-refractivity contribution in [3.8, 4) is 17.5 Å². The lowest BCUT2D eigenvalue weighted by Gasteiger charge is -2.38. The van der Waals surface area contributed by atoms with Gasteiger partial charge in [-0.25, -0.2) is 4.98 Å². The summed E-state index contributed by atoms with van der Waals surface area (Å²) in [6.07, 6.45) is 1.85. The van der Waals surface area contributed by atoms with Crippen LogP contribution in [0.4, 0.5) is 5.69 Å². The van der Waals surface area contributed by atoms with Gasteiger partial charge in [0.05, 0.1) is 18.0 Å². The summed E-state index contributed by atoms with van der Waals surface area (Å²) >= 11 is 0. The Kier molecular flexibility index (Phi) is 4.91. The highest BCUT2D eigenvalue weighted by Crippen LogP contribution is 2.27. The maximum Gasteiger partial charge on any atom is 0.140 e. The molecule has 5 nitrogen and oxygen atoms in total. The van der Waals surface area contributed by atoms with E-state index in [2.05, 4.69) is 45.1 Å². The molecule has 0 saturated carbocycles. The summed E-state index contributed by atoms with van der Waals surface area (Å²) in [6, 6.07) is 22.8. The fraction of sp³-hybridized carbons (Fsp3) is 0.273. The van der Waals surface area contributed by atoms with Crippen molar-refractivity contribution in [2.75, 3.05) is 31.1 Å². The Labute approximate surface area is 160 Å². The average Bonchev–Trinajstić information content (AvgIpc) is 3.12. The SMILES string of the molecule is Cn1c(C(C#N)N2CCN(c3ccccc3)CC2)cnc1-c1ccccc1. The number of para-hydroxylation sites is 1. The van der Waals surface area contributed by atoms with E-state index >= 15 is 0 Å². The molecule has 27 heavy (non-hydrogen) atoms. The summed E-state index contributed by atoms with van der Waals surface area (Å²) in [7, 11) is 2.00. The first-order valence-corrected chi connectivity index (χ1v) is 9.28. The van der Waals surface area contributed by atoms with E-state index in [9.17, 15) is 5.26 Å². The predicted molar refractivity (Wildman–Crippen MR) is 107 cm³/mol. The Bertz CT molecular complexity index is 918. The van der Waals surface area contributed by atoms with Crippen molar-refractivity contribution in [2.24, 2.45) is 7.05 Å². The van der Waals surface area contributed by atoms with Crippen LogP contribution < -0.4 is 4.90 Å². The van der Waals surface area contributed by atoms with Crippen LogP contribution in [-0.2, 0) is 7.05 Å². The van der Waals surface area contributed by atoms with Crippen LogP contribution in [0.2, 0.25) is 0 Å². The number of nitriles is 1. The molecule has 5 heteroatoms.